The lowest BCUT2D eigenvalue weighted by Crippen LogP contribution is -2.07. The fourth-order valence-electron chi connectivity index (χ4n) is 3.45. The summed E-state index contributed by atoms with van der Waals surface area (Å²) >= 11 is 0. The molecule has 3 aliphatic rings. The van der Waals surface area contributed by atoms with Gasteiger partial charge in [-0.1, -0.05) is 32.1 Å². The predicted octanol–water partition coefficient (Wildman–Crippen LogP) is 3.57. The van der Waals surface area contributed by atoms with E-state index >= 15 is 0 Å². The SMILES string of the molecule is O=C1[C@H]2C[C@H]2CCCCCCC[C@@H]2C[C@@H]12. The minimum atomic E-state index is 0.513. The summed E-state index contributed by atoms with van der Waals surface area (Å²) in [5.74, 6) is 3.29. The quantitative estimate of drug-likeness (QED) is 0.592. The maximum absolute atomic E-state index is 12.0. The molecule has 1 nitrogen and oxygen atoms in total. The molecule has 1 heteroatoms. The van der Waals surface area contributed by atoms with Crippen LogP contribution in [-0.2, 0) is 4.79 Å². The Morgan fingerprint density at radius 2 is 1.20 bits per heavy atom. The molecule has 0 aromatic carbocycles. The molecule has 84 valence electrons. The van der Waals surface area contributed by atoms with Crippen molar-refractivity contribution >= 4 is 5.78 Å². The molecule has 0 N–H and O–H groups in total. The summed E-state index contributed by atoms with van der Waals surface area (Å²) in [6.07, 6.45) is 12.2. The molecule has 3 aliphatic carbocycles. The second-order valence-corrected chi connectivity index (χ2v) is 5.95. The third-order valence-electron chi connectivity index (χ3n) is 4.73. The minimum Gasteiger partial charge on any atom is -0.299 e. The second-order valence-electron chi connectivity index (χ2n) is 5.95. The van der Waals surface area contributed by atoms with Gasteiger partial charge in [0.25, 0.3) is 0 Å². The van der Waals surface area contributed by atoms with E-state index in [0.717, 1.165) is 11.8 Å². The van der Waals surface area contributed by atoms with Gasteiger partial charge in [0.15, 0.2) is 0 Å². The first-order valence-electron chi connectivity index (χ1n) is 6.90. The fraction of sp³-hybridized carbons (Fsp3) is 0.929. The van der Waals surface area contributed by atoms with E-state index in [1.54, 1.807) is 0 Å². The van der Waals surface area contributed by atoms with E-state index in [2.05, 4.69) is 0 Å². The van der Waals surface area contributed by atoms with Crippen molar-refractivity contribution in [1.82, 2.24) is 0 Å². The highest BCUT2D eigenvalue weighted by molar-refractivity contribution is 5.88. The number of fused-ring (bicyclic) bond motifs is 2. The van der Waals surface area contributed by atoms with Crippen molar-refractivity contribution in [3.8, 4) is 0 Å². The predicted molar refractivity (Wildman–Crippen MR) is 60.5 cm³/mol. The van der Waals surface area contributed by atoms with Gasteiger partial charge in [-0.05, 0) is 37.5 Å². The third-order valence-corrected chi connectivity index (χ3v) is 4.73. The highest BCUT2D eigenvalue weighted by atomic mass is 16.1. The van der Waals surface area contributed by atoms with Crippen LogP contribution in [0.1, 0.15) is 57.8 Å². The van der Waals surface area contributed by atoms with Crippen LogP contribution in [-0.4, -0.2) is 5.78 Å². The second kappa shape index (κ2) is 3.92. The number of carbonyl (C=O) groups excluding carboxylic acids is 1. The number of rotatable bonds is 0. The summed E-state index contributed by atoms with van der Waals surface area (Å²) in [6, 6.07) is 0. The smallest absolute Gasteiger partial charge is 0.139 e. The molecular formula is C14H22O. The lowest BCUT2D eigenvalue weighted by Gasteiger charge is -2.04. The average molecular weight is 206 g/mol. The van der Waals surface area contributed by atoms with Crippen molar-refractivity contribution < 1.29 is 4.79 Å². The molecule has 0 aliphatic heterocycles. The van der Waals surface area contributed by atoms with Crippen LogP contribution in [0, 0.1) is 23.7 Å². The molecule has 0 radical (unpaired) electrons. The van der Waals surface area contributed by atoms with Crippen LogP contribution in [0.2, 0.25) is 0 Å². The molecule has 0 amide bonds. The third kappa shape index (κ3) is 2.11. The molecule has 0 aromatic heterocycles. The van der Waals surface area contributed by atoms with Crippen molar-refractivity contribution in [2.45, 2.75) is 57.8 Å². The molecule has 3 fully saturated rings. The van der Waals surface area contributed by atoms with Gasteiger partial charge in [-0.15, -0.1) is 0 Å². The number of ketones is 1. The van der Waals surface area contributed by atoms with E-state index in [4.69, 9.17) is 0 Å². The zero-order valence-corrected chi connectivity index (χ0v) is 9.58. The summed E-state index contributed by atoms with van der Waals surface area (Å²) < 4.78 is 0. The summed E-state index contributed by atoms with van der Waals surface area (Å²) in [7, 11) is 0. The van der Waals surface area contributed by atoms with Gasteiger partial charge in [-0.3, -0.25) is 4.79 Å². The van der Waals surface area contributed by atoms with Crippen molar-refractivity contribution in [3.63, 3.8) is 0 Å². The molecular weight excluding hydrogens is 184 g/mol. The Kier molecular flexibility index (Phi) is 2.58. The Morgan fingerprint density at radius 3 is 1.73 bits per heavy atom. The van der Waals surface area contributed by atoms with Crippen molar-refractivity contribution in [2.75, 3.05) is 0 Å². The maximum Gasteiger partial charge on any atom is 0.139 e. The van der Waals surface area contributed by atoms with Gasteiger partial charge in [-0.25, -0.2) is 0 Å². The largest absolute Gasteiger partial charge is 0.299 e. The number of carbonyl (C=O) groups is 1. The van der Waals surface area contributed by atoms with Gasteiger partial charge < -0.3 is 0 Å². The highest BCUT2D eigenvalue weighted by Gasteiger charge is 2.51. The van der Waals surface area contributed by atoms with E-state index in [-0.39, 0.29) is 0 Å². The number of hydrogen-bond donors (Lipinski definition) is 0. The fourth-order valence-corrected chi connectivity index (χ4v) is 3.45. The molecule has 0 spiro atoms. The lowest BCUT2D eigenvalue weighted by molar-refractivity contribution is -0.122. The van der Waals surface area contributed by atoms with Crippen LogP contribution in [0.5, 0.6) is 0 Å². The summed E-state index contributed by atoms with van der Waals surface area (Å²) in [6.45, 7) is 0. The zero-order valence-electron chi connectivity index (χ0n) is 9.58. The first-order valence-corrected chi connectivity index (χ1v) is 6.90. The van der Waals surface area contributed by atoms with E-state index in [0.29, 0.717) is 17.6 Å². The lowest BCUT2D eigenvalue weighted by atomic mass is 10.0. The molecule has 0 heterocycles. The Bertz CT molecular complexity index is 234. The summed E-state index contributed by atoms with van der Waals surface area (Å²) in [5, 5.41) is 0. The molecule has 0 bridgehead atoms. The average Bonchev–Trinajstić information content (AvgIpc) is 3.09. The standard InChI is InChI=1S/C14H22O/c15-14-12-8-10(12)6-4-2-1-3-5-7-11-9-13(11)14/h10-13H,1-9H2/t10-,11-,12-,13+/m1/s1. The van der Waals surface area contributed by atoms with Crippen molar-refractivity contribution in [3.05, 3.63) is 0 Å². The molecule has 0 unspecified atom stereocenters. The maximum atomic E-state index is 12.0. The molecule has 3 saturated carbocycles. The topological polar surface area (TPSA) is 17.1 Å². The molecule has 3 rings (SSSR count). The minimum absolute atomic E-state index is 0.513. The van der Waals surface area contributed by atoms with Gasteiger partial charge in [-0.2, -0.15) is 0 Å². The normalized spacial score (nSPS) is 45.7. The van der Waals surface area contributed by atoms with Crippen molar-refractivity contribution in [2.24, 2.45) is 23.7 Å². The Balaban J connectivity index is 1.58. The molecule has 0 saturated heterocycles. The van der Waals surface area contributed by atoms with E-state index in [1.807, 2.05) is 0 Å². The van der Waals surface area contributed by atoms with Crippen molar-refractivity contribution in [1.29, 1.82) is 0 Å². The Hall–Kier alpha value is -0.330. The van der Waals surface area contributed by atoms with Gasteiger partial charge >= 0.3 is 0 Å². The van der Waals surface area contributed by atoms with E-state index in [1.165, 1.54) is 57.8 Å². The van der Waals surface area contributed by atoms with Gasteiger partial charge in [0, 0.05) is 11.8 Å². The Labute approximate surface area is 92.6 Å². The van der Waals surface area contributed by atoms with E-state index < -0.39 is 0 Å². The van der Waals surface area contributed by atoms with Crippen LogP contribution < -0.4 is 0 Å². The first-order chi connectivity index (χ1) is 7.36. The molecule has 0 aromatic rings. The number of hydrogen-bond acceptors (Lipinski definition) is 1. The van der Waals surface area contributed by atoms with Gasteiger partial charge in [0.05, 0.1) is 0 Å². The van der Waals surface area contributed by atoms with Crippen LogP contribution in [0.15, 0.2) is 0 Å². The molecule has 15 heavy (non-hydrogen) atoms. The highest BCUT2D eigenvalue weighted by Crippen LogP contribution is 2.52. The van der Waals surface area contributed by atoms with Crippen LogP contribution in [0.25, 0.3) is 0 Å². The summed E-state index contributed by atoms with van der Waals surface area (Å²) in [4.78, 5) is 12.0. The Morgan fingerprint density at radius 1 is 0.733 bits per heavy atom. The first kappa shape index (κ1) is 9.86. The van der Waals surface area contributed by atoms with Crippen LogP contribution >= 0.6 is 0 Å². The van der Waals surface area contributed by atoms with Gasteiger partial charge in [0.1, 0.15) is 5.78 Å². The monoisotopic (exact) mass is 206 g/mol. The zero-order chi connectivity index (χ0) is 10.3. The summed E-state index contributed by atoms with van der Waals surface area (Å²) in [5.41, 5.74) is 0. The van der Waals surface area contributed by atoms with Crippen LogP contribution in [0.4, 0.5) is 0 Å². The van der Waals surface area contributed by atoms with E-state index in [9.17, 15) is 4.79 Å². The number of Topliss-reactive ketones (excluding diaryl/α,β-unsaturated/α-hetero) is 1. The molecule has 4 atom stereocenters. The van der Waals surface area contributed by atoms with Crippen LogP contribution in [0.3, 0.4) is 0 Å². The van der Waals surface area contributed by atoms with Gasteiger partial charge in [0.2, 0.25) is 0 Å².